The summed E-state index contributed by atoms with van der Waals surface area (Å²) in [6.45, 7) is 1.96. The molecule has 1 aromatic heterocycles. The Morgan fingerprint density at radius 3 is 2.90 bits per heavy atom. The van der Waals surface area contributed by atoms with Crippen molar-refractivity contribution < 1.29 is 14.3 Å². The Hall–Kier alpha value is -1.47. The third-order valence-electron chi connectivity index (χ3n) is 3.06. The normalized spacial score (nSPS) is 21.9. The van der Waals surface area contributed by atoms with Crippen molar-refractivity contribution in [3.63, 3.8) is 0 Å². The van der Waals surface area contributed by atoms with Crippen LogP contribution in [0.4, 0.5) is 5.82 Å². The quantitative estimate of drug-likeness (QED) is 0.838. The molecule has 7 heteroatoms. The summed E-state index contributed by atoms with van der Waals surface area (Å²) >= 11 is 3.27. The number of pyridine rings is 1. The van der Waals surface area contributed by atoms with Gasteiger partial charge in [0.25, 0.3) is 0 Å². The molecule has 1 aromatic rings. The molecule has 2 atom stereocenters. The fraction of sp³-hybridized carbons (Fsp3) is 0.462. The number of likely N-dealkylation sites (N-methyl/N-ethyl adjacent to an activating group) is 1. The average Bonchev–Trinajstić information content (AvgIpc) is 2.71. The molecule has 0 aromatic carbocycles. The SMILES string of the molecule is C[C@H]1C[C@@H](N(C)CC(=O)Nc2ccc(Br)cn2)C(=O)O1. The monoisotopic (exact) mass is 341 g/mol. The van der Waals surface area contributed by atoms with Crippen molar-refractivity contribution in [3.05, 3.63) is 22.8 Å². The van der Waals surface area contributed by atoms with Crippen LogP contribution < -0.4 is 5.32 Å². The van der Waals surface area contributed by atoms with Crippen LogP contribution in [0.2, 0.25) is 0 Å². The zero-order valence-electron chi connectivity index (χ0n) is 11.3. The highest BCUT2D eigenvalue weighted by molar-refractivity contribution is 9.10. The second kappa shape index (κ2) is 6.32. The maximum Gasteiger partial charge on any atom is 0.323 e. The van der Waals surface area contributed by atoms with E-state index in [-0.39, 0.29) is 30.6 Å². The van der Waals surface area contributed by atoms with Crippen molar-refractivity contribution in [2.75, 3.05) is 18.9 Å². The molecule has 1 fully saturated rings. The fourth-order valence-corrected chi connectivity index (χ4v) is 2.30. The first-order valence-corrected chi connectivity index (χ1v) is 7.07. The maximum absolute atomic E-state index is 11.9. The Morgan fingerprint density at radius 1 is 1.60 bits per heavy atom. The summed E-state index contributed by atoms with van der Waals surface area (Å²) in [5, 5.41) is 2.68. The molecule has 6 nitrogen and oxygen atoms in total. The number of amides is 1. The lowest BCUT2D eigenvalue weighted by Gasteiger charge is -2.20. The molecule has 1 amide bonds. The van der Waals surface area contributed by atoms with E-state index in [9.17, 15) is 9.59 Å². The minimum atomic E-state index is -0.353. The van der Waals surface area contributed by atoms with Crippen molar-refractivity contribution in [2.45, 2.75) is 25.5 Å². The number of nitrogens with zero attached hydrogens (tertiary/aromatic N) is 2. The molecule has 108 valence electrons. The number of ether oxygens (including phenoxy) is 1. The first-order chi connectivity index (χ1) is 9.45. The van der Waals surface area contributed by atoms with Crippen molar-refractivity contribution in [2.24, 2.45) is 0 Å². The van der Waals surface area contributed by atoms with Crippen LogP contribution in [0.5, 0.6) is 0 Å². The van der Waals surface area contributed by atoms with Gasteiger partial charge >= 0.3 is 5.97 Å². The Kier molecular flexibility index (Phi) is 4.72. The highest BCUT2D eigenvalue weighted by Gasteiger charge is 2.35. The molecule has 1 saturated heterocycles. The van der Waals surface area contributed by atoms with Crippen LogP contribution in [-0.2, 0) is 14.3 Å². The molecule has 0 spiro atoms. The standard InChI is InChI=1S/C13H16BrN3O3/c1-8-5-10(13(19)20-8)17(2)7-12(18)16-11-4-3-9(14)6-15-11/h3-4,6,8,10H,5,7H2,1-2H3,(H,15,16,18)/t8-,10+/m0/s1. The largest absolute Gasteiger partial charge is 0.461 e. The molecule has 1 aliphatic heterocycles. The summed E-state index contributed by atoms with van der Waals surface area (Å²) in [6.07, 6.45) is 2.13. The number of cyclic esters (lactones) is 1. The van der Waals surface area contributed by atoms with E-state index in [0.29, 0.717) is 12.2 Å². The third-order valence-corrected chi connectivity index (χ3v) is 3.53. The molecule has 1 aliphatic rings. The third kappa shape index (κ3) is 3.77. The number of nitrogens with one attached hydrogen (secondary N) is 1. The van der Waals surface area contributed by atoms with Gasteiger partial charge in [0.1, 0.15) is 18.0 Å². The van der Waals surface area contributed by atoms with Crippen LogP contribution in [0.15, 0.2) is 22.8 Å². The predicted molar refractivity (Wildman–Crippen MR) is 77.2 cm³/mol. The zero-order chi connectivity index (χ0) is 14.7. The van der Waals surface area contributed by atoms with Crippen molar-refractivity contribution >= 4 is 33.6 Å². The predicted octanol–water partition coefficient (Wildman–Crippen LogP) is 1.42. The second-order valence-corrected chi connectivity index (χ2v) is 5.74. The van der Waals surface area contributed by atoms with Gasteiger partial charge < -0.3 is 10.1 Å². The van der Waals surface area contributed by atoms with Crippen molar-refractivity contribution in [1.82, 2.24) is 9.88 Å². The lowest BCUT2D eigenvalue weighted by atomic mass is 10.1. The second-order valence-electron chi connectivity index (χ2n) is 4.82. The van der Waals surface area contributed by atoms with Gasteiger partial charge in [0, 0.05) is 17.1 Å². The molecule has 0 bridgehead atoms. The van der Waals surface area contributed by atoms with Crippen LogP contribution in [-0.4, -0.2) is 47.5 Å². The van der Waals surface area contributed by atoms with Crippen molar-refractivity contribution in [3.8, 4) is 0 Å². The van der Waals surface area contributed by atoms with Gasteiger partial charge in [-0.3, -0.25) is 14.5 Å². The van der Waals surface area contributed by atoms with Gasteiger partial charge in [-0.2, -0.15) is 0 Å². The first kappa shape index (κ1) is 14.9. The number of esters is 1. The molecule has 1 N–H and O–H groups in total. The molecule has 0 saturated carbocycles. The Balaban J connectivity index is 1.88. The summed E-state index contributed by atoms with van der Waals surface area (Å²) < 4.78 is 5.92. The first-order valence-electron chi connectivity index (χ1n) is 6.28. The van der Waals surface area contributed by atoms with Gasteiger partial charge in [-0.05, 0) is 42.0 Å². The minimum Gasteiger partial charge on any atom is -0.461 e. The molecule has 20 heavy (non-hydrogen) atoms. The summed E-state index contributed by atoms with van der Waals surface area (Å²) in [7, 11) is 1.73. The molecule has 0 radical (unpaired) electrons. The number of halogens is 1. The smallest absolute Gasteiger partial charge is 0.323 e. The van der Waals surface area contributed by atoms with E-state index in [2.05, 4.69) is 26.2 Å². The number of carbonyl (C=O) groups is 2. The number of aromatic nitrogens is 1. The Bertz CT molecular complexity index is 506. The van der Waals surface area contributed by atoms with E-state index >= 15 is 0 Å². The van der Waals surface area contributed by atoms with Crippen LogP contribution in [0, 0.1) is 0 Å². The summed E-state index contributed by atoms with van der Waals surface area (Å²) in [4.78, 5) is 29.2. The van der Waals surface area contributed by atoms with Crippen LogP contribution >= 0.6 is 15.9 Å². The molecule has 2 heterocycles. The van der Waals surface area contributed by atoms with Gasteiger partial charge in [0.15, 0.2) is 0 Å². The molecular weight excluding hydrogens is 326 g/mol. The molecule has 0 aliphatic carbocycles. The number of hydrogen-bond donors (Lipinski definition) is 1. The van der Waals surface area contributed by atoms with Crippen LogP contribution in [0.1, 0.15) is 13.3 Å². The van der Waals surface area contributed by atoms with Gasteiger partial charge in [0.05, 0.1) is 6.54 Å². The summed E-state index contributed by atoms with van der Waals surface area (Å²) in [5.74, 6) is -0.00166. The van der Waals surface area contributed by atoms with E-state index < -0.39 is 0 Å². The van der Waals surface area contributed by atoms with Crippen LogP contribution in [0.3, 0.4) is 0 Å². The highest BCUT2D eigenvalue weighted by atomic mass is 79.9. The van der Waals surface area contributed by atoms with E-state index in [0.717, 1.165) is 4.47 Å². The lowest BCUT2D eigenvalue weighted by molar-refractivity contribution is -0.144. The van der Waals surface area contributed by atoms with Gasteiger partial charge in [-0.1, -0.05) is 0 Å². The van der Waals surface area contributed by atoms with Gasteiger partial charge in [-0.15, -0.1) is 0 Å². The molecule has 2 rings (SSSR count). The zero-order valence-corrected chi connectivity index (χ0v) is 12.9. The Labute approximate surface area is 125 Å². The van der Waals surface area contributed by atoms with E-state index in [1.54, 1.807) is 30.3 Å². The molecule has 0 unspecified atom stereocenters. The summed E-state index contributed by atoms with van der Waals surface area (Å²) in [6, 6.07) is 3.14. The van der Waals surface area contributed by atoms with Gasteiger partial charge in [-0.25, -0.2) is 4.98 Å². The van der Waals surface area contributed by atoms with Gasteiger partial charge in [0.2, 0.25) is 5.91 Å². The topological polar surface area (TPSA) is 71.5 Å². The Morgan fingerprint density at radius 2 is 2.35 bits per heavy atom. The van der Waals surface area contributed by atoms with E-state index in [1.165, 1.54) is 0 Å². The van der Waals surface area contributed by atoms with Crippen molar-refractivity contribution in [1.29, 1.82) is 0 Å². The number of hydrogen-bond acceptors (Lipinski definition) is 5. The maximum atomic E-state index is 11.9. The summed E-state index contributed by atoms with van der Waals surface area (Å²) in [5.41, 5.74) is 0. The number of rotatable bonds is 4. The minimum absolute atomic E-state index is 0.0915. The lowest BCUT2D eigenvalue weighted by Crippen LogP contribution is -2.40. The average molecular weight is 342 g/mol. The number of anilines is 1. The van der Waals surface area contributed by atoms with E-state index in [1.807, 2.05) is 6.92 Å². The highest BCUT2D eigenvalue weighted by Crippen LogP contribution is 2.18. The van der Waals surface area contributed by atoms with Crippen LogP contribution in [0.25, 0.3) is 0 Å². The molecular formula is C13H16BrN3O3. The fourth-order valence-electron chi connectivity index (χ4n) is 2.06. The van der Waals surface area contributed by atoms with E-state index in [4.69, 9.17) is 4.74 Å². The number of carbonyl (C=O) groups excluding carboxylic acids is 2.